The van der Waals surface area contributed by atoms with E-state index in [0.29, 0.717) is 6.61 Å². The van der Waals surface area contributed by atoms with Crippen molar-refractivity contribution in [3.8, 4) is 0 Å². The highest BCUT2D eigenvalue weighted by Gasteiger charge is 1.86. The van der Waals surface area contributed by atoms with Crippen molar-refractivity contribution in [3.63, 3.8) is 0 Å². The SMILES string of the molecule is COCc1cncnc1. The first-order valence-corrected chi connectivity index (χ1v) is 2.66. The van der Waals surface area contributed by atoms with E-state index in [1.165, 1.54) is 6.33 Å². The third kappa shape index (κ3) is 1.77. The third-order valence-corrected chi connectivity index (χ3v) is 0.925. The van der Waals surface area contributed by atoms with Gasteiger partial charge in [0.05, 0.1) is 6.61 Å². The molecule has 0 aliphatic carbocycles. The Kier molecular flexibility index (Phi) is 2.15. The highest BCUT2D eigenvalue weighted by Crippen LogP contribution is 1.92. The Hall–Kier alpha value is -0.960. The summed E-state index contributed by atoms with van der Waals surface area (Å²) in [5, 5.41) is 0. The molecule has 0 saturated heterocycles. The van der Waals surface area contributed by atoms with Gasteiger partial charge < -0.3 is 4.74 Å². The van der Waals surface area contributed by atoms with E-state index in [1.807, 2.05) is 0 Å². The number of methoxy groups -OCH3 is 1. The minimum absolute atomic E-state index is 0.584. The van der Waals surface area contributed by atoms with E-state index in [4.69, 9.17) is 4.74 Å². The Bertz CT molecular complexity index is 164. The number of rotatable bonds is 2. The van der Waals surface area contributed by atoms with Gasteiger partial charge in [-0.05, 0) is 0 Å². The van der Waals surface area contributed by atoms with Crippen molar-refractivity contribution in [1.82, 2.24) is 9.97 Å². The summed E-state index contributed by atoms with van der Waals surface area (Å²) in [6.45, 7) is 0.584. The second-order valence-electron chi connectivity index (χ2n) is 1.68. The van der Waals surface area contributed by atoms with Crippen LogP contribution in [0.25, 0.3) is 0 Å². The molecule has 0 atom stereocenters. The van der Waals surface area contributed by atoms with Crippen LogP contribution in [-0.4, -0.2) is 17.1 Å². The second kappa shape index (κ2) is 3.14. The summed E-state index contributed by atoms with van der Waals surface area (Å²) >= 11 is 0. The number of aromatic nitrogens is 2. The molecule has 1 heterocycles. The summed E-state index contributed by atoms with van der Waals surface area (Å²) in [6, 6.07) is 0. The van der Waals surface area contributed by atoms with E-state index in [2.05, 4.69) is 9.97 Å². The summed E-state index contributed by atoms with van der Waals surface area (Å²) in [5.74, 6) is 0. The zero-order valence-corrected chi connectivity index (χ0v) is 5.24. The lowest BCUT2D eigenvalue weighted by atomic mass is 10.4. The first-order valence-electron chi connectivity index (χ1n) is 2.66. The van der Waals surface area contributed by atoms with Gasteiger partial charge in [0.1, 0.15) is 6.33 Å². The Morgan fingerprint density at radius 1 is 1.44 bits per heavy atom. The maximum absolute atomic E-state index is 4.85. The van der Waals surface area contributed by atoms with E-state index in [-0.39, 0.29) is 0 Å². The molecule has 0 spiro atoms. The molecule has 0 fully saturated rings. The molecule has 0 radical (unpaired) electrons. The molecule has 3 nitrogen and oxygen atoms in total. The van der Waals surface area contributed by atoms with Gasteiger partial charge in [0.2, 0.25) is 0 Å². The van der Waals surface area contributed by atoms with E-state index in [1.54, 1.807) is 19.5 Å². The van der Waals surface area contributed by atoms with Crippen molar-refractivity contribution in [3.05, 3.63) is 24.3 Å². The van der Waals surface area contributed by atoms with E-state index < -0.39 is 0 Å². The van der Waals surface area contributed by atoms with Gasteiger partial charge in [-0.2, -0.15) is 0 Å². The lowest BCUT2D eigenvalue weighted by molar-refractivity contribution is 0.184. The fraction of sp³-hybridized carbons (Fsp3) is 0.333. The first kappa shape index (κ1) is 6.16. The molecule has 0 aliphatic heterocycles. The maximum Gasteiger partial charge on any atom is 0.115 e. The summed E-state index contributed by atoms with van der Waals surface area (Å²) in [7, 11) is 1.65. The fourth-order valence-electron chi connectivity index (χ4n) is 0.571. The van der Waals surface area contributed by atoms with Gasteiger partial charge in [0.15, 0.2) is 0 Å². The number of hydrogen-bond donors (Lipinski definition) is 0. The summed E-state index contributed by atoms with van der Waals surface area (Å²) in [6.07, 6.45) is 4.96. The molecular formula is C6H8N2O. The van der Waals surface area contributed by atoms with Crippen molar-refractivity contribution in [1.29, 1.82) is 0 Å². The standard InChI is InChI=1S/C6H8N2O/c1-9-4-6-2-7-5-8-3-6/h2-3,5H,4H2,1H3. The lowest BCUT2D eigenvalue weighted by Gasteiger charge is -1.93. The smallest absolute Gasteiger partial charge is 0.115 e. The normalized spacial score (nSPS) is 9.44. The van der Waals surface area contributed by atoms with Crippen LogP contribution >= 0.6 is 0 Å². The minimum Gasteiger partial charge on any atom is -0.380 e. The van der Waals surface area contributed by atoms with Crippen molar-refractivity contribution in [2.75, 3.05) is 7.11 Å². The molecule has 0 aromatic carbocycles. The Morgan fingerprint density at radius 2 is 2.11 bits per heavy atom. The molecule has 0 amide bonds. The van der Waals surface area contributed by atoms with Crippen LogP contribution in [0.15, 0.2) is 18.7 Å². The molecule has 3 heteroatoms. The Labute approximate surface area is 53.7 Å². The quantitative estimate of drug-likeness (QED) is 0.579. The number of hydrogen-bond acceptors (Lipinski definition) is 3. The highest BCUT2D eigenvalue weighted by molar-refractivity contribution is 4.99. The van der Waals surface area contributed by atoms with Gasteiger partial charge >= 0.3 is 0 Å². The van der Waals surface area contributed by atoms with Crippen LogP contribution < -0.4 is 0 Å². The van der Waals surface area contributed by atoms with Crippen LogP contribution in [0, 0.1) is 0 Å². The molecule has 48 valence electrons. The lowest BCUT2D eigenvalue weighted by Crippen LogP contribution is -1.88. The molecule has 0 aliphatic rings. The number of ether oxygens (including phenoxy) is 1. The van der Waals surface area contributed by atoms with Crippen LogP contribution in [0.3, 0.4) is 0 Å². The molecule has 0 unspecified atom stereocenters. The van der Waals surface area contributed by atoms with Gasteiger partial charge in [-0.25, -0.2) is 9.97 Å². The van der Waals surface area contributed by atoms with E-state index >= 15 is 0 Å². The molecule has 0 bridgehead atoms. The van der Waals surface area contributed by atoms with E-state index in [0.717, 1.165) is 5.56 Å². The Morgan fingerprint density at radius 3 is 2.67 bits per heavy atom. The van der Waals surface area contributed by atoms with Crippen molar-refractivity contribution in [2.45, 2.75) is 6.61 Å². The predicted molar refractivity (Wildman–Crippen MR) is 32.7 cm³/mol. The fourth-order valence-corrected chi connectivity index (χ4v) is 0.571. The average molecular weight is 124 g/mol. The second-order valence-corrected chi connectivity index (χ2v) is 1.68. The molecule has 1 aromatic rings. The molecule has 1 rings (SSSR count). The van der Waals surface area contributed by atoms with Crippen molar-refractivity contribution < 1.29 is 4.74 Å². The first-order chi connectivity index (χ1) is 4.43. The molecular weight excluding hydrogens is 116 g/mol. The van der Waals surface area contributed by atoms with Gasteiger partial charge in [-0.1, -0.05) is 0 Å². The Balaban J connectivity index is 2.61. The molecule has 9 heavy (non-hydrogen) atoms. The van der Waals surface area contributed by atoms with Gasteiger partial charge in [0.25, 0.3) is 0 Å². The highest BCUT2D eigenvalue weighted by atomic mass is 16.5. The topological polar surface area (TPSA) is 35.0 Å². The van der Waals surface area contributed by atoms with Crippen molar-refractivity contribution in [2.24, 2.45) is 0 Å². The van der Waals surface area contributed by atoms with Gasteiger partial charge in [0, 0.05) is 25.1 Å². The van der Waals surface area contributed by atoms with Crippen molar-refractivity contribution >= 4 is 0 Å². The van der Waals surface area contributed by atoms with E-state index in [9.17, 15) is 0 Å². The average Bonchev–Trinajstić information content (AvgIpc) is 1.91. The molecule has 0 N–H and O–H groups in total. The monoisotopic (exact) mass is 124 g/mol. The zero-order chi connectivity index (χ0) is 6.53. The molecule has 1 aromatic heterocycles. The maximum atomic E-state index is 4.85. The number of nitrogens with zero attached hydrogens (tertiary/aromatic N) is 2. The van der Waals surface area contributed by atoms with Crippen LogP contribution in [0.5, 0.6) is 0 Å². The summed E-state index contributed by atoms with van der Waals surface area (Å²) in [4.78, 5) is 7.62. The van der Waals surface area contributed by atoms with Gasteiger partial charge in [-0.3, -0.25) is 0 Å². The van der Waals surface area contributed by atoms with Crippen LogP contribution in [-0.2, 0) is 11.3 Å². The summed E-state index contributed by atoms with van der Waals surface area (Å²) < 4.78 is 4.85. The minimum atomic E-state index is 0.584. The third-order valence-electron chi connectivity index (χ3n) is 0.925. The largest absolute Gasteiger partial charge is 0.380 e. The van der Waals surface area contributed by atoms with Crippen LogP contribution in [0.1, 0.15) is 5.56 Å². The zero-order valence-electron chi connectivity index (χ0n) is 5.24. The van der Waals surface area contributed by atoms with Gasteiger partial charge in [-0.15, -0.1) is 0 Å². The molecule has 0 saturated carbocycles. The van der Waals surface area contributed by atoms with Crippen LogP contribution in [0.4, 0.5) is 0 Å². The summed E-state index contributed by atoms with van der Waals surface area (Å²) in [5.41, 5.74) is 1.00. The van der Waals surface area contributed by atoms with Crippen LogP contribution in [0.2, 0.25) is 0 Å². The predicted octanol–water partition coefficient (Wildman–Crippen LogP) is 0.623.